The molecular weight excluding hydrogens is 370 g/mol. The van der Waals surface area contributed by atoms with Gasteiger partial charge in [-0.1, -0.05) is 12.1 Å². The molecular formula is C22H27N3O4. The topological polar surface area (TPSA) is 65.8 Å². The summed E-state index contributed by atoms with van der Waals surface area (Å²) in [6.07, 6.45) is 3.48. The number of ether oxygens (including phenoxy) is 3. The summed E-state index contributed by atoms with van der Waals surface area (Å²) < 4.78 is 19.4. The summed E-state index contributed by atoms with van der Waals surface area (Å²) in [7, 11) is 0. The summed E-state index contributed by atoms with van der Waals surface area (Å²) in [5.74, 6) is 3.46. The first kappa shape index (κ1) is 18.5. The van der Waals surface area contributed by atoms with Gasteiger partial charge in [0.2, 0.25) is 6.10 Å². The lowest BCUT2D eigenvalue weighted by Gasteiger charge is -2.42. The molecule has 0 spiro atoms. The summed E-state index contributed by atoms with van der Waals surface area (Å²) in [5.41, 5.74) is 1.19. The van der Waals surface area contributed by atoms with Gasteiger partial charge in [0.1, 0.15) is 12.4 Å². The summed E-state index contributed by atoms with van der Waals surface area (Å²) in [6, 6.07) is 7.49. The summed E-state index contributed by atoms with van der Waals surface area (Å²) in [5, 5.41) is 0. The van der Waals surface area contributed by atoms with Crippen LogP contribution in [0.5, 0.6) is 11.5 Å². The van der Waals surface area contributed by atoms with Gasteiger partial charge in [0.15, 0.2) is 11.5 Å². The number of benzene rings is 1. The summed E-state index contributed by atoms with van der Waals surface area (Å²) in [6.45, 7) is 6.43. The lowest BCUT2D eigenvalue weighted by molar-refractivity contribution is -0.148. The van der Waals surface area contributed by atoms with E-state index in [-0.39, 0.29) is 12.5 Å². The van der Waals surface area contributed by atoms with Gasteiger partial charge in [-0.3, -0.25) is 4.79 Å². The Bertz CT molecular complexity index is 884. The smallest absolute Gasteiger partial charge is 0.267 e. The Morgan fingerprint density at radius 2 is 1.93 bits per heavy atom. The number of imidazole rings is 1. The number of hydrogen-bond donors (Lipinski definition) is 0. The molecule has 1 aromatic heterocycles. The minimum atomic E-state index is -0.557. The Kier molecular flexibility index (Phi) is 4.91. The Hall–Kier alpha value is -2.54. The van der Waals surface area contributed by atoms with E-state index in [2.05, 4.69) is 11.5 Å². The zero-order chi connectivity index (χ0) is 19.8. The molecule has 154 valence electrons. The van der Waals surface area contributed by atoms with Crippen LogP contribution in [-0.2, 0) is 16.1 Å². The van der Waals surface area contributed by atoms with Crippen molar-refractivity contribution in [2.75, 3.05) is 32.9 Å². The maximum atomic E-state index is 12.8. The fraction of sp³-hybridized carbons (Fsp3) is 0.545. The molecule has 4 heterocycles. The number of likely N-dealkylation sites (tertiary alicyclic amines) is 1. The van der Waals surface area contributed by atoms with Gasteiger partial charge in [0.25, 0.3) is 5.91 Å². The number of amides is 1. The van der Waals surface area contributed by atoms with E-state index in [1.807, 2.05) is 35.4 Å². The summed E-state index contributed by atoms with van der Waals surface area (Å²) >= 11 is 0. The molecule has 7 heteroatoms. The summed E-state index contributed by atoms with van der Waals surface area (Å²) in [4.78, 5) is 19.4. The van der Waals surface area contributed by atoms with Crippen LogP contribution in [0.4, 0.5) is 0 Å². The predicted molar refractivity (Wildman–Crippen MR) is 106 cm³/mol. The van der Waals surface area contributed by atoms with Gasteiger partial charge in [-0.15, -0.1) is 0 Å². The maximum Gasteiger partial charge on any atom is 0.267 e. The average Bonchev–Trinajstić information content (AvgIpc) is 3.10. The van der Waals surface area contributed by atoms with Crippen LogP contribution >= 0.6 is 0 Å². The van der Waals surface area contributed by atoms with Crippen LogP contribution < -0.4 is 9.47 Å². The maximum absolute atomic E-state index is 12.8. The average molecular weight is 397 g/mol. The van der Waals surface area contributed by atoms with E-state index in [0.29, 0.717) is 23.3 Å². The van der Waals surface area contributed by atoms with Crippen molar-refractivity contribution in [1.82, 2.24) is 14.5 Å². The minimum Gasteiger partial charge on any atom is -0.485 e. The minimum absolute atomic E-state index is 0.0164. The van der Waals surface area contributed by atoms with Crippen LogP contribution in [0.1, 0.15) is 30.3 Å². The van der Waals surface area contributed by atoms with Gasteiger partial charge in [0.05, 0.1) is 0 Å². The molecule has 1 aromatic carbocycles. The molecule has 3 aliphatic heterocycles. The molecule has 3 aliphatic rings. The number of fused-ring (bicyclic) bond motifs is 1. The van der Waals surface area contributed by atoms with Crippen molar-refractivity contribution in [3.8, 4) is 11.5 Å². The Labute approximate surface area is 170 Å². The van der Waals surface area contributed by atoms with Crippen LogP contribution in [0, 0.1) is 12.8 Å². The highest BCUT2D eigenvalue weighted by atomic mass is 16.6. The van der Waals surface area contributed by atoms with Crippen LogP contribution in [0.25, 0.3) is 0 Å². The highest BCUT2D eigenvalue weighted by Gasteiger charge is 2.38. The molecule has 0 radical (unpaired) electrons. The number of hydrogen-bond acceptors (Lipinski definition) is 5. The fourth-order valence-corrected chi connectivity index (χ4v) is 4.47. The number of aryl methyl sites for hydroxylation is 1. The van der Waals surface area contributed by atoms with Gasteiger partial charge < -0.3 is 23.7 Å². The molecule has 0 saturated carbocycles. The largest absolute Gasteiger partial charge is 0.485 e. The van der Waals surface area contributed by atoms with Crippen molar-refractivity contribution in [1.29, 1.82) is 0 Å². The van der Waals surface area contributed by atoms with E-state index < -0.39 is 6.10 Å². The first-order valence-electron chi connectivity index (χ1n) is 10.5. The van der Waals surface area contributed by atoms with Crippen LogP contribution in [0.3, 0.4) is 0 Å². The molecule has 0 N–H and O–H groups in total. The van der Waals surface area contributed by atoms with Gasteiger partial charge in [0, 0.05) is 56.6 Å². The van der Waals surface area contributed by atoms with Crippen molar-refractivity contribution in [2.45, 2.75) is 38.3 Å². The van der Waals surface area contributed by atoms with Crippen LogP contribution in [-0.4, -0.2) is 59.4 Å². The number of aromatic nitrogens is 2. The molecule has 1 amide bonds. The van der Waals surface area contributed by atoms with Crippen LogP contribution in [0.2, 0.25) is 0 Å². The van der Waals surface area contributed by atoms with E-state index in [4.69, 9.17) is 19.2 Å². The van der Waals surface area contributed by atoms with Crippen molar-refractivity contribution in [3.05, 3.63) is 42.0 Å². The second-order valence-corrected chi connectivity index (χ2v) is 8.23. The SMILES string of the molecule is Cc1cnc(C2CCOCC2)n1CC1CN(C(=O)C2COc3ccccc3O2)C1. The lowest BCUT2D eigenvalue weighted by atomic mass is 9.96. The first-order valence-corrected chi connectivity index (χ1v) is 10.5. The van der Waals surface area contributed by atoms with Gasteiger partial charge in [-0.25, -0.2) is 4.98 Å². The van der Waals surface area contributed by atoms with Crippen molar-refractivity contribution >= 4 is 5.91 Å². The number of carbonyl (C=O) groups is 1. The highest BCUT2D eigenvalue weighted by molar-refractivity contribution is 5.82. The Morgan fingerprint density at radius 1 is 1.17 bits per heavy atom. The van der Waals surface area contributed by atoms with Gasteiger partial charge in [-0.2, -0.15) is 0 Å². The third-order valence-corrected chi connectivity index (χ3v) is 6.17. The number of para-hydroxylation sites is 2. The van der Waals surface area contributed by atoms with Crippen molar-refractivity contribution in [3.63, 3.8) is 0 Å². The molecule has 0 aliphatic carbocycles. The quantitative estimate of drug-likeness (QED) is 0.793. The molecule has 1 unspecified atom stereocenters. The molecule has 2 aromatic rings. The zero-order valence-electron chi connectivity index (χ0n) is 16.8. The van der Waals surface area contributed by atoms with Gasteiger partial charge in [-0.05, 0) is 31.9 Å². The zero-order valence-corrected chi connectivity index (χ0v) is 16.8. The fourth-order valence-electron chi connectivity index (χ4n) is 4.47. The second-order valence-electron chi connectivity index (χ2n) is 8.23. The molecule has 29 heavy (non-hydrogen) atoms. The number of rotatable bonds is 4. The van der Waals surface area contributed by atoms with E-state index in [1.54, 1.807) is 0 Å². The van der Waals surface area contributed by atoms with E-state index in [1.165, 1.54) is 11.5 Å². The molecule has 0 bridgehead atoms. The molecule has 1 atom stereocenters. The predicted octanol–water partition coefficient (Wildman–Crippen LogP) is 2.38. The van der Waals surface area contributed by atoms with E-state index in [0.717, 1.165) is 45.7 Å². The number of nitrogens with zero attached hydrogens (tertiary/aromatic N) is 3. The monoisotopic (exact) mass is 397 g/mol. The Morgan fingerprint density at radius 3 is 2.72 bits per heavy atom. The highest BCUT2D eigenvalue weighted by Crippen LogP contribution is 2.33. The van der Waals surface area contributed by atoms with Gasteiger partial charge >= 0.3 is 0 Å². The second kappa shape index (κ2) is 7.71. The van der Waals surface area contributed by atoms with Crippen molar-refractivity contribution < 1.29 is 19.0 Å². The van der Waals surface area contributed by atoms with Crippen molar-refractivity contribution in [2.24, 2.45) is 5.92 Å². The molecule has 5 rings (SSSR count). The third kappa shape index (κ3) is 3.59. The van der Waals surface area contributed by atoms with E-state index in [9.17, 15) is 4.79 Å². The normalized spacial score (nSPS) is 22.4. The molecule has 2 saturated heterocycles. The lowest BCUT2D eigenvalue weighted by Crippen LogP contribution is -2.57. The molecule has 7 nitrogen and oxygen atoms in total. The third-order valence-electron chi connectivity index (χ3n) is 6.17. The Balaban J connectivity index is 1.18. The molecule has 2 fully saturated rings. The number of carbonyl (C=O) groups excluding carboxylic acids is 1. The van der Waals surface area contributed by atoms with E-state index >= 15 is 0 Å². The first-order chi connectivity index (χ1) is 14.2. The van der Waals surface area contributed by atoms with Crippen LogP contribution in [0.15, 0.2) is 30.5 Å². The standard InChI is InChI=1S/C22H27N3O4/c1-15-10-23-21(17-6-8-27-9-7-17)25(15)13-16-11-24(12-16)22(26)20-14-28-18-4-2-3-5-19(18)29-20/h2-5,10,16-17,20H,6-9,11-14H2,1H3.